The minimum atomic E-state index is 0.556. The van der Waals surface area contributed by atoms with Crippen molar-refractivity contribution in [1.29, 1.82) is 0 Å². The van der Waals surface area contributed by atoms with Crippen LogP contribution < -0.4 is 5.32 Å². The average Bonchev–Trinajstić information content (AvgIpc) is 2.18. The maximum atomic E-state index is 5.86. The van der Waals surface area contributed by atoms with Crippen LogP contribution in [0.2, 0.25) is 0 Å². The van der Waals surface area contributed by atoms with E-state index in [4.69, 9.17) is 4.74 Å². The molecule has 2 nitrogen and oxygen atoms in total. The summed E-state index contributed by atoms with van der Waals surface area (Å²) in [5.41, 5.74) is 0. The maximum absolute atomic E-state index is 5.86. The Bertz CT molecular complexity index is 138. The van der Waals surface area contributed by atoms with Gasteiger partial charge in [0.05, 0.1) is 6.10 Å². The molecule has 1 aliphatic carbocycles. The number of hydrogen-bond donors (Lipinski definition) is 1. The van der Waals surface area contributed by atoms with Gasteiger partial charge in [0.2, 0.25) is 0 Å². The normalized spacial score (nSPS) is 27.9. The zero-order valence-corrected chi connectivity index (χ0v) is 9.72. The molecule has 1 N–H and O–H groups in total. The summed E-state index contributed by atoms with van der Waals surface area (Å²) in [6.45, 7) is 7.58. The molecule has 2 atom stereocenters. The highest BCUT2D eigenvalue weighted by Crippen LogP contribution is 2.25. The topological polar surface area (TPSA) is 21.3 Å². The van der Waals surface area contributed by atoms with Gasteiger partial charge in [-0.3, -0.25) is 0 Å². The highest BCUT2D eigenvalue weighted by Gasteiger charge is 2.18. The summed E-state index contributed by atoms with van der Waals surface area (Å²) >= 11 is 0. The second-order valence-corrected chi connectivity index (χ2v) is 4.47. The Morgan fingerprint density at radius 3 is 2.93 bits per heavy atom. The monoisotopic (exact) mass is 199 g/mol. The fourth-order valence-electron chi connectivity index (χ4n) is 2.15. The standard InChI is InChI=1S/C12H25NO/c1-3-13-8-5-9-14-12-7-4-6-11(2)10-12/h11-13H,3-10H2,1-2H3. The van der Waals surface area contributed by atoms with Gasteiger partial charge < -0.3 is 10.1 Å². The van der Waals surface area contributed by atoms with Crippen molar-refractivity contribution in [3.63, 3.8) is 0 Å². The van der Waals surface area contributed by atoms with E-state index in [-0.39, 0.29) is 0 Å². The summed E-state index contributed by atoms with van der Waals surface area (Å²) < 4.78 is 5.86. The Morgan fingerprint density at radius 1 is 1.36 bits per heavy atom. The Hall–Kier alpha value is -0.0800. The Kier molecular flexibility index (Phi) is 6.20. The molecular weight excluding hydrogens is 174 g/mol. The molecule has 2 heteroatoms. The van der Waals surface area contributed by atoms with Crippen molar-refractivity contribution < 1.29 is 4.74 Å². The van der Waals surface area contributed by atoms with Gasteiger partial charge in [-0.25, -0.2) is 0 Å². The van der Waals surface area contributed by atoms with Gasteiger partial charge in [0.15, 0.2) is 0 Å². The van der Waals surface area contributed by atoms with Crippen LogP contribution in [-0.2, 0) is 4.74 Å². The minimum Gasteiger partial charge on any atom is -0.378 e. The first-order chi connectivity index (χ1) is 6.83. The van der Waals surface area contributed by atoms with Crippen molar-refractivity contribution in [2.24, 2.45) is 5.92 Å². The number of nitrogens with one attached hydrogen (secondary N) is 1. The highest BCUT2D eigenvalue weighted by atomic mass is 16.5. The molecule has 14 heavy (non-hydrogen) atoms. The van der Waals surface area contributed by atoms with E-state index in [9.17, 15) is 0 Å². The summed E-state index contributed by atoms with van der Waals surface area (Å²) in [4.78, 5) is 0. The summed E-state index contributed by atoms with van der Waals surface area (Å²) in [5, 5.41) is 3.31. The molecule has 1 fully saturated rings. The van der Waals surface area contributed by atoms with Gasteiger partial charge >= 0.3 is 0 Å². The fraction of sp³-hybridized carbons (Fsp3) is 1.00. The summed E-state index contributed by atoms with van der Waals surface area (Å²) in [6, 6.07) is 0. The second kappa shape index (κ2) is 7.24. The third kappa shape index (κ3) is 4.97. The predicted molar refractivity (Wildman–Crippen MR) is 60.5 cm³/mol. The molecule has 0 aliphatic heterocycles. The zero-order chi connectivity index (χ0) is 10.2. The lowest BCUT2D eigenvalue weighted by Crippen LogP contribution is -2.23. The third-order valence-corrected chi connectivity index (χ3v) is 2.99. The van der Waals surface area contributed by atoms with Crippen LogP contribution >= 0.6 is 0 Å². The van der Waals surface area contributed by atoms with E-state index in [2.05, 4.69) is 19.2 Å². The van der Waals surface area contributed by atoms with Gasteiger partial charge in [-0.15, -0.1) is 0 Å². The first-order valence-electron chi connectivity index (χ1n) is 6.15. The van der Waals surface area contributed by atoms with E-state index >= 15 is 0 Å². The lowest BCUT2D eigenvalue weighted by atomic mass is 9.89. The number of hydrogen-bond acceptors (Lipinski definition) is 2. The fourth-order valence-corrected chi connectivity index (χ4v) is 2.15. The van der Waals surface area contributed by atoms with Crippen molar-refractivity contribution in [3.05, 3.63) is 0 Å². The van der Waals surface area contributed by atoms with Crippen molar-refractivity contribution in [2.45, 2.75) is 52.1 Å². The maximum Gasteiger partial charge on any atom is 0.0577 e. The van der Waals surface area contributed by atoms with Gasteiger partial charge in [-0.05, 0) is 38.3 Å². The van der Waals surface area contributed by atoms with Crippen molar-refractivity contribution in [1.82, 2.24) is 5.32 Å². The highest BCUT2D eigenvalue weighted by molar-refractivity contribution is 4.70. The molecule has 0 aromatic rings. The molecule has 0 saturated heterocycles. The van der Waals surface area contributed by atoms with E-state index in [1.165, 1.54) is 25.7 Å². The Labute approximate surface area is 88.4 Å². The average molecular weight is 199 g/mol. The van der Waals surface area contributed by atoms with Crippen LogP contribution in [0.5, 0.6) is 0 Å². The van der Waals surface area contributed by atoms with E-state index in [1.807, 2.05) is 0 Å². The third-order valence-electron chi connectivity index (χ3n) is 2.99. The summed E-state index contributed by atoms with van der Waals surface area (Å²) in [7, 11) is 0. The lowest BCUT2D eigenvalue weighted by molar-refractivity contribution is 0.0147. The molecule has 0 spiro atoms. The molecule has 0 radical (unpaired) electrons. The quantitative estimate of drug-likeness (QED) is 0.664. The molecule has 0 amide bonds. The molecule has 0 heterocycles. The number of ether oxygens (including phenoxy) is 1. The van der Waals surface area contributed by atoms with Crippen molar-refractivity contribution in [3.8, 4) is 0 Å². The predicted octanol–water partition coefficient (Wildman–Crippen LogP) is 2.58. The van der Waals surface area contributed by atoms with Gasteiger partial charge in [0.25, 0.3) is 0 Å². The van der Waals surface area contributed by atoms with Crippen LogP contribution in [0, 0.1) is 5.92 Å². The zero-order valence-electron chi connectivity index (χ0n) is 9.72. The van der Waals surface area contributed by atoms with Crippen LogP contribution in [-0.4, -0.2) is 25.8 Å². The second-order valence-electron chi connectivity index (χ2n) is 4.47. The molecule has 1 rings (SSSR count). The van der Waals surface area contributed by atoms with Crippen molar-refractivity contribution >= 4 is 0 Å². The van der Waals surface area contributed by atoms with E-state index < -0.39 is 0 Å². The minimum absolute atomic E-state index is 0.556. The molecule has 0 aromatic carbocycles. The molecule has 0 aromatic heterocycles. The molecule has 2 unspecified atom stereocenters. The van der Waals surface area contributed by atoms with Crippen LogP contribution in [0.1, 0.15) is 46.0 Å². The lowest BCUT2D eigenvalue weighted by Gasteiger charge is -2.26. The van der Waals surface area contributed by atoms with Gasteiger partial charge in [0, 0.05) is 6.61 Å². The molecule has 1 saturated carbocycles. The first kappa shape index (κ1) is 12.0. The Balaban J connectivity index is 1.95. The van der Waals surface area contributed by atoms with Gasteiger partial charge in [-0.2, -0.15) is 0 Å². The van der Waals surface area contributed by atoms with Crippen molar-refractivity contribution in [2.75, 3.05) is 19.7 Å². The van der Waals surface area contributed by atoms with Crippen LogP contribution in [0.15, 0.2) is 0 Å². The summed E-state index contributed by atoms with van der Waals surface area (Å²) in [6.07, 6.45) is 7.03. The van der Waals surface area contributed by atoms with E-state index in [0.717, 1.165) is 32.0 Å². The van der Waals surface area contributed by atoms with Gasteiger partial charge in [0.1, 0.15) is 0 Å². The van der Waals surface area contributed by atoms with Crippen LogP contribution in [0.25, 0.3) is 0 Å². The van der Waals surface area contributed by atoms with Gasteiger partial charge in [-0.1, -0.05) is 26.7 Å². The smallest absolute Gasteiger partial charge is 0.0577 e. The molecular formula is C12H25NO. The first-order valence-corrected chi connectivity index (χ1v) is 6.15. The largest absolute Gasteiger partial charge is 0.378 e. The van der Waals surface area contributed by atoms with Crippen LogP contribution in [0.3, 0.4) is 0 Å². The van der Waals surface area contributed by atoms with E-state index in [0.29, 0.717) is 6.10 Å². The Morgan fingerprint density at radius 2 is 2.21 bits per heavy atom. The van der Waals surface area contributed by atoms with E-state index in [1.54, 1.807) is 0 Å². The van der Waals surface area contributed by atoms with Crippen LogP contribution in [0.4, 0.5) is 0 Å². The number of rotatable bonds is 6. The molecule has 1 aliphatic rings. The molecule has 84 valence electrons. The SMILES string of the molecule is CCNCCCOC1CCCC(C)C1. The summed E-state index contributed by atoms with van der Waals surface area (Å²) in [5.74, 6) is 0.877. The molecule has 0 bridgehead atoms.